The van der Waals surface area contributed by atoms with E-state index in [9.17, 15) is 0 Å². The first-order chi connectivity index (χ1) is 8.70. The highest BCUT2D eigenvalue weighted by Gasteiger charge is 2.14. The largest absolute Gasteiger partial charge is 0.485 e. The van der Waals surface area contributed by atoms with Crippen molar-refractivity contribution in [3.63, 3.8) is 0 Å². The maximum Gasteiger partial charge on any atom is 0.134 e. The van der Waals surface area contributed by atoms with E-state index in [1.165, 1.54) is 16.0 Å². The molecule has 0 fully saturated rings. The van der Waals surface area contributed by atoms with Gasteiger partial charge in [-0.2, -0.15) is 0 Å². The maximum atomic E-state index is 6.14. The average molecular weight is 261 g/mol. The van der Waals surface area contributed by atoms with Crippen molar-refractivity contribution in [3.05, 3.63) is 51.7 Å². The van der Waals surface area contributed by atoms with Gasteiger partial charge in [-0.1, -0.05) is 18.2 Å². The first kappa shape index (κ1) is 13.1. The van der Waals surface area contributed by atoms with Gasteiger partial charge in [0.15, 0.2) is 0 Å². The molecule has 0 bridgehead atoms. The second-order valence-electron chi connectivity index (χ2n) is 4.47. The lowest BCUT2D eigenvalue weighted by Crippen LogP contribution is -2.12. The van der Waals surface area contributed by atoms with Gasteiger partial charge in [-0.15, -0.1) is 11.3 Å². The number of aryl methyl sites for hydroxylation is 2. The topological polar surface area (TPSA) is 35.2 Å². The maximum absolute atomic E-state index is 6.14. The van der Waals surface area contributed by atoms with Gasteiger partial charge in [-0.05, 0) is 49.0 Å². The fourth-order valence-electron chi connectivity index (χ4n) is 1.87. The molecule has 0 saturated carbocycles. The van der Waals surface area contributed by atoms with Crippen LogP contribution in [0.2, 0.25) is 0 Å². The lowest BCUT2D eigenvalue weighted by Gasteiger charge is -2.19. The molecule has 0 radical (unpaired) electrons. The molecule has 2 N–H and O–H groups in total. The third-order valence-corrected chi connectivity index (χ3v) is 3.87. The van der Waals surface area contributed by atoms with Gasteiger partial charge in [0.1, 0.15) is 11.9 Å². The minimum atomic E-state index is 0.0653. The van der Waals surface area contributed by atoms with Crippen LogP contribution in [0.5, 0.6) is 5.75 Å². The van der Waals surface area contributed by atoms with E-state index >= 15 is 0 Å². The molecule has 3 heteroatoms. The number of thiophene rings is 1. The Morgan fingerprint density at radius 2 is 2.11 bits per heavy atom. The molecule has 96 valence electrons. The Morgan fingerprint density at radius 3 is 2.78 bits per heavy atom. The van der Waals surface area contributed by atoms with Gasteiger partial charge in [0.05, 0.1) is 0 Å². The van der Waals surface area contributed by atoms with E-state index in [-0.39, 0.29) is 6.10 Å². The smallest absolute Gasteiger partial charge is 0.134 e. The summed E-state index contributed by atoms with van der Waals surface area (Å²) in [6, 6.07) is 10.4. The van der Waals surface area contributed by atoms with Crippen LogP contribution in [0.3, 0.4) is 0 Å². The summed E-state index contributed by atoms with van der Waals surface area (Å²) in [7, 11) is 0. The van der Waals surface area contributed by atoms with Crippen LogP contribution in [-0.2, 0) is 0 Å². The van der Waals surface area contributed by atoms with Crippen LogP contribution >= 0.6 is 11.3 Å². The summed E-state index contributed by atoms with van der Waals surface area (Å²) in [5, 5.41) is 2.07. The summed E-state index contributed by atoms with van der Waals surface area (Å²) in [6.07, 6.45) is 0.906. The van der Waals surface area contributed by atoms with Crippen LogP contribution in [0, 0.1) is 13.8 Å². The van der Waals surface area contributed by atoms with E-state index in [0.717, 1.165) is 12.2 Å². The van der Waals surface area contributed by atoms with Crippen molar-refractivity contribution < 1.29 is 4.74 Å². The average Bonchev–Trinajstić information content (AvgIpc) is 2.87. The molecule has 0 saturated heterocycles. The monoisotopic (exact) mass is 261 g/mol. The van der Waals surface area contributed by atoms with Gasteiger partial charge in [0.25, 0.3) is 0 Å². The fraction of sp³-hybridized carbons (Fsp3) is 0.333. The SMILES string of the molecule is Cc1ccc(C)c(OC(CCN)c2cccs2)c1. The molecular formula is C15H19NOS. The summed E-state index contributed by atoms with van der Waals surface area (Å²) in [4.78, 5) is 1.24. The Labute approximate surface area is 112 Å². The molecule has 0 aliphatic rings. The Kier molecular flexibility index (Phi) is 4.39. The molecule has 0 aliphatic carbocycles. The number of hydrogen-bond donors (Lipinski definition) is 1. The summed E-state index contributed by atoms with van der Waals surface area (Å²) in [5.41, 5.74) is 8.06. The normalized spacial score (nSPS) is 12.4. The number of nitrogens with two attached hydrogens (primary N) is 1. The molecule has 18 heavy (non-hydrogen) atoms. The molecule has 1 aromatic carbocycles. The zero-order valence-corrected chi connectivity index (χ0v) is 11.7. The summed E-state index contributed by atoms with van der Waals surface area (Å²) in [5.74, 6) is 0.960. The van der Waals surface area contributed by atoms with Crippen LogP contribution in [0.15, 0.2) is 35.7 Å². The second kappa shape index (κ2) is 6.03. The highest BCUT2D eigenvalue weighted by atomic mass is 32.1. The minimum Gasteiger partial charge on any atom is -0.485 e. The van der Waals surface area contributed by atoms with Gasteiger partial charge in [0.2, 0.25) is 0 Å². The molecule has 1 heterocycles. The first-order valence-corrected chi connectivity index (χ1v) is 7.06. The van der Waals surface area contributed by atoms with Crippen molar-refractivity contribution in [1.82, 2.24) is 0 Å². The molecule has 0 aliphatic heterocycles. The Morgan fingerprint density at radius 1 is 1.28 bits per heavy atom. The van der Waals surface area contributed by atoms with Crippen molar-refractivity contribution >= 4 is 11.3 Å². The van der Waals surface area contributed by atoms with E-state index in [1.807, 2.05) is 0 Å². The second-order valence-corrected chi connectivity index (χ2v) is 5.45. The predicted molar refractivity (Wildman–Crippen MR) is 77.3 cm³/mol. The Hall–Kier alpha value is -1.32. The molecular weight excluding hydrogens is 242 g/mol. The van der Waals surface area contributed by atoms with Crippen molar-refractivity contribution in [3.8, 4) is 5.75 Å². The number of benzene rings is 1. The van der Waals surface area contributed by atoms with Crippen molar-refractivity contribution in [1.29, 1.82) is 0 Å². The van der Waals surface area contributed by atoms with E-state index in [4.69, 9.17) is 10.5 Å². The van der Waals surface area contributed by atoms with Crippen LogP contribution in [0.25, 0.3) is 0 Å². The summed E-state index contributed by atoms with van der Waals surface area (Å²) >= 11 is 1.72. The zero-order valence-electron chi connectivity index (χ0n) is 10.8. The minimum absolute atomic E-state index is 0.0653. The summed E-state index contributed by atoms with van der Waals surface area (Å²) < 4.78 is 6.14. The van der Waals surface area contributed by atoms with Crippen LogP contribution in [0.4, 0.5) is 0 Å². The van der Waals surface area contributed by atoms with Crippen LogP contribution < -0.4 is 10.5 Å². The Bertz CT molecular complexity index is 493. The molecule has 1 atom stereocenters. The van der Waals surface area contributed by atoms with Gasteiger partial charge in [-0.25, -0.2) is 0 Å². The Balaban J connectivity index is 2.21. The van der Waals surface area contributed by atoms with Gasteiger partial charge >= 0.3 is 0 Å². The molecule has 2 aromatic rings. The number of rotatable bonds is 5. The van der Waals surface area contributed by atoms with Crippen LogP contribution in [-0.4, -0.2) is 6.54 Å². The third kappa shape index (κ3) is 3.12. The van der Waals surface area contributed by atoms with E-state index in [2.05, 4.69) is 49.6 Å². The van der Waals surface area contributed by atoms with Crippen molar-refractivity contribution in [2.24, 2.45) is 5.73 Å². The van der Waals surface area contributed by atoms with E-state index < -0.39 is 0 Å². The van der Waals surface area contributed by atoms with Gasteiger partial charge in [-0.3, -0.25) is 0 Å². The van der Waals surface area contributed by atoms with Gasteiger partial charge < -0.3 is 10.5 Å². The molecule has 0 amide bonds. The van der Waals surface area contributed by atoms with E-state index in [1.54, 1.807) is 11.3 Å². The number of ether oxygens (including phenoxy) is 1. The predicted octanol–water partition coefficient (Wildman–Crippen LogP) is 3.83. The molecule has 0 spiro atoms. The number of hydrogen-bond acceptors (Lipinski definition) is 3. The van der Waals surface area contributed by atoms with Crippen molar-refractivity contribution in [2.45, 2.75) is 26.4 Å². The molecule has 2 rings (SSSR count). The molecule has 2 nitrogen and oxygen atoms in total. The zero-order chi connectivity index (χ0) is 13.0. The first-order valence-electron chi connectivity index (χ1n) is 6.18. The quantitative estimate of drug-likeness (QED) is 0.887. The summed E-state index contributed by atoms with van der Waals surface area (Å²) in [6.45, 7) is 4.78. The van der Waals surface area contributed by atoms with E-state index in [0.29, 0.717) is 6.54 Å². The highest BCUT2D eigenvalue weighted by Crippen LogP contribution is 2.30. The molecule has 1 aromatic heterocycles. The highest BCUT2D eigenvalue weighted by molar-refractivity contribution is 7.10. The lowest BCUT2D eigenvalue weighted by molar-refractivity contribution is 0.200. The van der Waals surface area contributed by atoms with Crippen molar-refractivity contribution in [2.75, 3.05) is 6.54 Å². The molecule has 1 unspecified atom stereocenters. The fourth-order valence-corrected chi connectivity index (χ4v) is 2.66. The van der Waals surface area contributed by atoms with Crippen LogP contribution in [0.1, 0.15) is 28.5 Å². The lowest BCUT2D eigenvalue weighted by atomic mass is 10.1. The third-order valence-electron chi connectivity index (χ3n) is 2.90. The van der Waals surface area contributed by atoms with Gasteiger partial charge in [0, 0.05) is 11.3 Å². The standard InChI is InChI=1S/C15H19NOS/c1-11-5-6-12(2)14(10-11)17-13(7-8-16)15-4-3-9-18-15/h3-6,9-10,13H,7-8,16H2,1-2H3.